The molecule has 2 aromatic carbocycles. The van der Waals surface area contributed by atoms with Crippen molar-refractivity contribution in [3.8, 4) is 11.1 Å². The van der Waals surface area contributed by atoms with E-state index in [2.05, 4.69) is 46.3 Å². The molecular weight excluding hydrogens is 375 g/mol. The minimum Gasteiger partial charge on any atom is -0.206 e. The summed E-state index contributed by atoms with van der Waals surface area (Å²) in [6.07, 6.45) is 6.93. The zero-order chi connectivity index (χ0) is 16.2. The molecule has 3 rings (SSSR count). The molecule has 0 bridgehead atoms. The molecule has 1 aliphatic carbocycles. The number of hydrogen-bond donors (Lipinski definition) is 0. The van der Waals surface area contributed by atoms with Crippen molar-refractivity contribution in [2.75, 3.05) is 0 Å². The fraction of sp³-hybridized carbons (Fsp3) is 0.300. The largest absolute Gasteiger partial charge is 0.206 e. The molecule has 0 amide bonds. The second-order valence-corrected chi connectivity index (χ2v) is 7.29. The third-order valence-corrected chi connectivity index (χ3v) is 5.54. The quantitative estimate of drug-likeness (QED) is 0.514. The first-order chi connectivity index (χ1) is 11.2. The molecule has 2 aromatic rings. The monoisotopic (exact) mass is 392 g/mol. The molecule has 0 aliphatic heterocycles. The molecule has 120 valence electrons. The average molecular weight is 394 g/mol. The molecule has 0 radical (unpaired) electrons. The molecule has 1 fully saturated rings. The number of allylic oxidation sites excluding steroid dienone is 1. The van der Waals surface area contributed by atoms with Crippen LogP contribution in [0.15, 0.2) is 58.5 Å². The standard InChI is InChI=1S/C20H19BrClF/c21-19-10-9-18(13-20(19)23)17-7-5-16(6-8-17)15-3-1-14(2-4-15)11-12-22/h5-15H,1-4H2/b12-11+. The lowest BCUT2D eigenvalue weighted by Crippen LogP contribution is -2.11. The van der Waals surface area contributed by atoms with Crippen molar-refractivity contribution in [1.29, 1.82) is 0 Å². The summed E-state index contributed by atoms with van der Waals surface area (Å²) in [6.45, 7) is 0. The van der Waals surface area contributed by atoms with Gasteiger partial charge in [-0.1, -0.05) is 48.0 Å². The number of rotatable bonds is 3. The van der Waals surface area contributed by atoms with Crippen molar-refractivity contribution in [2.24, 2.45) is 5.92 Å². The van der Waals surface area contributed by atoms with Crippen molar-refractivity contribution >= 4 is 27.5 Å². The van der Waals surface area contributed by atoms with Gasteiger partial charge in [0.15, 0.2) is 0 Å². The lowest BCUT2D eigenvalue weighted by molar-refractivity contribution is 0.376. The summed E-state index contributed by atoms with van der Waals surface area (Å²) < 4.78 is 14.2. The van der Waals surface area contributed by atoms with Crippen LogP contribution in [0.2, 0.25) is 0 Å². The van der Waals surface area contributed by atoms with Gasteiger partial charge in [-0.05, 0) is 82.3 Å². The Morgan fingerprint density at radius 1 is 0.957 bits per heavy atom. The smallest absolute Gasteiger partial charge is 0.137 e. The van der Waals surface area contributed by atoms with Crippen LogP contribution in [0.3, 0.4) is 0 Å². The first-order valence-electron chi connectivity index (χ1n) is 7.99. The van der Waals surface area contributed by atoms with Gasteiger partial charge in [-0.15, -0.1) is 0 Å². The Morgan fingerprint density at radius 2 is 1.61 bits per heavy atom. The Kier molecular flexibility index (Phi) is 5.55. The Morgan fingerprint density at radius 3 is 2.22 bits per heavy atom. The molecule has 0 heterocycles. The molecule has 0 N–H and O–H groups in total. The lowest BCUT2D eigenvalue weighted by Gasteiger charge is -2.27. The van der Waals surface area contributed by atoms with Crippen molar-refractivity contribution in [3.63, 3.8) is 0 Å². The van der Waals surface area contributed by atoms with E-state index < -0.39 is 0 Å². The van der Waals surface area contributed by atoms with Crippen LogP contribution in [0.4, 0.5) is 4.39 Å². The predicted molar refractivity (Wildman–Crippen MR) is 99.2 cm³/mol. The topological polar surface area (TPSA) is 0 Å². The van der Waals surface area contributed by atoms with Crippen LogP contribution in [0.25, 0.3) is 11.1 Å². The average Bonchev–Trinajstić information content (AvgIpc) is 2.59. The molecule has 0 nitrogen and oxygen atoms in total. The normalized spacial score (nSPS) is 21.7. The molecule has 3 heteroatoms. The Balaban J connectivity index is 1.71. The second-order valence-electron chi connectivity index (χ2n) is 6.18. The van der Waals surface area contributed by atoms with Crippen molar-refractivity contribution in [3.05, 3.63) is 69.9 Å². The third kappa shape index (κ3) is 4.05. The minimum absolute atomic E-state index is 0.225. The molecule has 23 heavy (non-hydrogen) atoms. The maximum Gasteiger partial charge on any atom is 0.137 e. The second kappa shape index (κ2) is 7.63. The molecule has 1 saturated carbocycles. The highest BCUT2D eigenvalue weighted by atomic mass is 79.9. The first kappa shape index (κ1) is 16.7. The molecule has 0 saturated heterocycles. The highest BCUT2D eigenvalue weighted by molar-refractivity contribution is 9.10. The van der Waals surface area contributed by atoms with E-state index in [1.165, 1.54) is 31.2 Å². The summed E-state index contributed by atoms with van der Waals surface area (Å²) in [5.74, 6) is 1.04. The van der Waals surface area contributed by atoms with Gasteiger partial charge in [0.2, 0.25) is 0 Å². The van der Waals surface area contributed by atoms with E-state index in [-0.39, 0.29) is 5.82 Å². The van der Waals surface area contributed by atoms with E-state index in [1.54, 1.807) is 17.7 Å². The van der Waals surface area contributed by atoms with E-state index in [0.717, 1.165) is 11.1 Å². The SMILES string of the molecule is Fc1cc(-c2ccc(C3CCC(/C=C/Cl)CC3)cc2)ccc1Br. The summed E-state index contributed by atoms with van der Waals surface area (Å²) in [7, 11) is 0. The zero-order valence-corrected chi connectivity index (χ0v) is 15.2. The van der Waals surface area contributed by atoms with Crippen LogP contribution in [0, 0.1) is 11.7 Å². The summed E-state index contributed by atoms with van der Waals surface area (Å²) in [4.78, 5) is 0. The van der Waals surface area contributed by atoms with Crippen LogP contribution in [0.5, 0.6) is 0 Å². The maximum absolute atomic E-state index is 13.7. The van der Waals surface area contributed by atoms with Crippen LogP contribution >= 0.6 is 27.5 Å². The van der Waals surface area contributed by atoms with Gasteiger partial charge in [0, 0.05) is 5.54 Å². The van der Waals surface area contributed by atoms with Crippen LogP contribution in [-0.4, -0.2) is 0 Å². The van der Waals surface area contributed by atoms with Gasteiger partial charge in [-0.3, -0.25) is 0 Å². The summed E-state index contributed by atoms with van der Waals surface area (Å²) in [5.41, 5.74) is 5.00. The molecule has 0 spiro atoms. The molecule has 0 unspecified atom stereocenters. The first-order valence-corrected chi connectivity index (χ1v) is 9.22. The van der Waals surface area contributed by atoms with Crippen molar-refractivity contribution in [2.45, 2.75) is 31.6 Å². The third-order valence-electron chi connectivity index (χ3n) is 4.75. The fourth-order valence-electron chi connectivity index (χ4n) is 3.37. The summed E-state index contributed by atoms with van der Waals surface area (Å²) >= 11 is 8.87. The van der Waals surface area contributed by atoms with Crippen LogP contribution in [0.1, 0.15) is 37.2 Å². The van der Waals surface area contributed by atoms with Crippen molar-refractivity contribution in [1.82, 2.24) is 0 Å². The van der Waals surface area contributed by atoms with E-state index in [1.807, 2.05) is 6.07 Å². The van der Waals surface area contributed by atoms with Crippen LogP contribution in [-0.2, 0) is 0 Å². The molecule has 0 aromatic heterocycles. The van der Waals surface area contributed by atoms with Gasteiger partial charge < -0.3 is 0 Å². The molecule has 0 atom stereocenters. The highest BCUT2D eigenvalue weighted by Gasteiger charge is 2.20. The molecular formula is C20H19BrClF. The van der Waals surface area contributed by atoms with E-state index in [0.29, 0.717) is 16.3 Å². The fourth-order valence-corrected chi connectivity index (χ4v) is 3.82. The lowest BCUT2D eigenvalue weighted by atomic mass is 9.78. The summed E-state index contributed by atoms with van der Waals surface area (Å²) in [6, 6.07) is 13.8. The van der Waals surface area contributed by atoms with E-state index in [9.17, 15) is 4.39 Å². The Bertz CT molecular complexity index is 685. The van der Waals surface area contributed by atoms with Gasteiger partial charge in [-0.25, -0.2) is 4.39 Å². The van der Waals surface area contributed by atoms with Crippen molar-refractivity contribution < 1.29 is 4.39 Å². The number of benzene rings is 2. The van der Waals surface area contributed by atoms with Gasteiger partial charge in [0.1, 0.15) is 5.82 Å². The van der Waals surface area contributed by atoms with E-state index >= 15 is 0 Å². The predicted octanol–water partition coefficient (Wildman–Crippen LogP) is 7.28. The van der Waals surface area contributed by atoms with Gasteiger partial charge in [-0.2, -0.15) is 0 Å². The highest BCUT2D eigenvalue weighted by Crippen LogP contribution is 2.37. The number of halogens is 3. The molecule has 1 aliphatic rings. The zero-order valence-electron chi connectivity index (χ0n) is 12.8. The Labute approximate surface area is 150 Å². The maximum atomic E-state index is 13.7. The van der Waals surface area contributed by atoms with E-state index in [4.69, 9.17) is 11.6 Å². The summed E-state index contributed by atoms with van der Waals surface area (Å²) in [5, 5.41) is 0. The minimum atomic E-state index is -0.225. The van der Waals surface area contributed by atoms with Gasteiger partial charge in [0.05, 0.1) is 4.47 Å². The number of hydrogen-bond acceptors (Lipinski definition) is 0. The van der Waals surface area contributed by atoms with Gasteiger partial charge in [0.25, 0.3) is 0 Å². The Hall–Kier alpha value is -1.12. The van der Waals surface area contributed by atoms with Crippen LogP contribution < -0.4 is 0 Å². The van der Waals surface area contributed by atoms with Gasteiger partial charge >= 0.3 is 0 Å².